The van der Waals surface area contributed by atoms with E-state index in [4.69, 9.17) is 9.97 Å². The van der Waals surface area contributed by atoms with Crippen molar-refractivity contribution in [2.24, 2.45) is 0 Å². The Kier molecular flexibility index (Phi) is 7.18. The Balaban J connectivity index is 1.76. The number of para-hydroxylation sites is 1. The predicted octanol–water partition coefficient (Wildman–Crippen LogP) is 4.24. The van der Waals surface area contributed by atoms with Crippen LogP contribution in [0.15, 0.2) is 42.5 Å². The Morgan fingerprint density at radius 3 is 2.31 bits per heavy atom. The molecule has 0 aliphatic heterocycles. The number of hydrogen-bond donors (Lipinski definition) is 1. The molecule has 5 nitrogen and oxygen atoms in total. The van der Waals surface area contributed by atoms with Crippen molar-refractivity contribution in [3.05, 3.63) is 65.0 Å². The fraction of sp³-hybridized carbons (Fsp3) is 0.417. The van der Waals surface area contributed by atoms with Crippen molar-refractivity contribution >= 4 is 16.7 Å². The third kappa shape index (κ3) is 5.75. The molecule has 1 N–H and O–H groups in total. The summed E-state index contributed by atoms with van der Waals surface area (Å²) in [4.78, 5) is 14.2. The van der Waals surface area contributed by atoms with Crippen LogP contribution in [-0.4, -0.2) is 54.0 Å². The third-order valence-electron chi connectivity index (χ3n) is 5.21. The number of nitrogens with one attached hydrogen (secondary N) is 1. The van der Waals surface area contributed by atoms with E-state index in [0.29, 0.717) is 6.54 Å². The highest BCUT2D eigenvalue weighted by Crippen LogP contribution is 2.21. The fourth-order valence-corrected chi connectivity index (χ4v) is 3.60. The summed E-state index contributed by atoms with van der Waals surface area (Å²) < 4.78 is 0. The summed E-state index contributed by atoms with van der Waals surface area (Å²) in [7, 11) is 6.34. The molecule has 0 saturated carbocycles. The summed E-state index contributed by atoms with van der Waals surface area (Å²) in [5, 5.41) is 4.61. The standard InChI is InChI=1S/C24H33N5/c1-18-10-8-11-19(2)21(18)16-29(5)17-23-26-22-13-7-6-12-20(22)24(27-23)25-14-9-15-28(3)4/h6-8,10-13H,9,14-17H2,1-5H3,(H,25,26,27). The van der Waals surface area contributed by atoms with Gasteiger partial charge in [0.2, 0.25) is 0 Å². The van der Waals surface area contributed by atoms with E-state index in [1.807, 2.05) is 12.1 Å². The molecule has 0 radical (unpaired) electrons. The van der Waals surface area contributed by atoms with Gasteiger partial charge in [-0.3, -0.25) is 4.90 Å². The maximum Gasteiger partial charge on any atom is 0.145 e. The van der Waals surface area contributed by atoms with Crippen LogP contribution in [0.2, 0.25) is 0 Å². The zero-order valence-corrected chi connectivity index (χ0v) is 18.4. The van der Waals surface area contributed by atoms with E-state index in [1.165, 1.54) is 16.7 Å². The highest BCUT2D eigenvalue weighted by atomic mass is 15.1. The van der Waals surface area contributed by atoms with Gasteiger partial charge in [0.1, 0.15) is 11.6 Å². The summed E-state index contributed by atoms with van der Waals surface area (Å²) >= 11 is 0. The van der Waals surface area contributed by atoms with Crippen LogP contribution >= 0.6 is 0 Å². The van der Waals surface area contributed by atoms with Crippen molar-refractivity contribution in [2.45, 2.75) is 33.4 Å². The highest BCUT2D eigenvalue weighted by molar-refractivity contribution is 5.88. The lowest BCUT2D eigenvalue weighted by Gasteiger charge is -2.20. The fourth-order valence-electron chi connectivity index (χ4n) is 3.60. The molecule has 0 amide bonds. The molecule has 1 aromatic heterocycles. The molecular weight excluding hydrogens is 358 g/mol. The molecule has 0 saturated heterocycles. The summed E-state index contributed by atoms with van der Waals surface area (Å²) in [5.41, 5.74) is 5.05. The average Bonchev–Trinajstić information content (AvgIpc) is 2.68. The Labute approximate surface area is 174 Å². The molecule has 29 heavy (non-hydrogen) atoms. The summed E-state index contributed by atoms with van der Waals surface area (Å²) in [5.74, 6) is 1.79. The van der Waals surface area contributed by atoms with Gasteiger partial charge in [-0.1, -0.05) is 30.3 Å². The molecule has 3 aromatic rings. The number of aromatic nitrogens is 2. The van der Waals surface area contributed by atoms with Crippen molar-refractivity contribution in [3.8, 4) is 0 Å². The first-order chi connectivity index (χ1) is 13.9. The smallest absolute Gasteiger partial charge is 0.145 e. The van der Waals surface area contributed by atoms with Gasteiger partial charge in [0.05, 0.1) is 12.1 Å². The van der Waals surface area contributed by atoms with Gasteiger partial charge in [0, 0.05) is 18.5 Å². The molecule has 0 aliphatic carbocycles. The number of hydrogen-bond acceptors (Lipinski definition) is 5. The largest absolute Gasteiger partial charge is 0.369 e. The molecule has 1 heterocycles. The number of anilines is 1. The number of nitrogens with zero attached hydrogens (tertiary/aromatic N) is 4. The van der Waals surface area contributed by atoms with Gasteiger partial charge in [0.15, 0.2) is 0 Å². The quantitative estimate of drug-likeness (QED) is 0.553. The van der Waals surface area contributed by atoms with E-state index in [2.05, 4.69) is 80.4 Å². The lowest BCUT2D eigenvalue weighted by molar-refractivity contribution is 0.310. The SMILES string of the molecule is Cc1cccc(C)c1CN(C)Cc1nc(NCCCN(C)C)c2ccccc2n1. The number of benzene rings is 2. The van der Waals surface area contributed by atoms with Crippen molar-refractivity contribution in [1.29, 1.82) is 0 Å². The van der Waals surface area contributed by atoms with Crippen LogP contribution in [0.1, 0.15) is 28.9 Å². The van der Waals surface area contributed by atoms with Crippen molar-refractivity contribution in [1.82, 2.24) is 19.8 Å². The molecule has 0 bridgehead atoms. The van der Waals surface area contributed by atoms with Crippen LogP contribution in [0.5, 0.6) is 0 Å². The van der Waals surface area contributed by atoms with E-state index in [1.54, 1.807) is 0 Å². The minimum Gasteiger partial charge on any atom is -0.369 e. The van der Waals surface area contributed by atoms with Gasteiger partial charge in [-0.05, 0) is 76.8 Å². The molecule has 0 spiro atoms. The second-order valence-corrected chi connectivity index (χ2v) is 8.13. The second kappa shape index (κ2) is 9.81. The summed E-state index contributed by atoms with van der Waals surface area (Å²) in [6.45, 7) is 7.92. The van der Waals surface area contributed by atoms with Crippen LogP contribution in [0, 0.1) is 13.8 Å². The lowest BCUT2D eigenvalue weighted by Crippen LogP contribution is -2.21. The van der Waals surface area contributed by atoms with Crippen LogP contribution < -0.4 is 5.32 Å². The molecule has 0 unspecified atom stereocenters. The zero-order chi connectivity index (χ0) is 20.8. The minimum atomic E-state index is 0.713. The summed E-state index contributed by atoms with van der Waals surface area (Å²) in [6.07, 6.45) is 1.08. The average molecular weight is 392 g/mol. The molecule has 0 aliphatic rings. The monoisotopic (exact) mass is 391 g/mol. The summed E-state index contributed by atoms with van der Waals surface area (Å²) in [6, 6.07) is 14.7. The van der Waals surface area contributed by atoms with E-state index in [9.17, 15) is 0 Å². The van der Waals surface area contributed by atoms with Crippen molar-refractivity contribution in [3.63, 3.8) is 0 Å². The first kappa shape index (κ1) is 21.2. The first-order valence-corrected chi connectivity index (χ1v) is 10.3. The van der Waals surface area contributed by atoms with Gasteiger partial charge in [-0.15, -0.1) is 0 Å². The van der Waals surface area contributed by atoms with Gasteiger partial charge in [0.25, 0.3) is 0 Å². The third-order valence-corrected chi connectivity index (χ3v) is 5.21. The molecular formula is C24H33N5. The Morgan fingerprint density at radius 2 is 1.59 bits per heavy atom. The van der Waals surface area contributed by atoms with Crippen LogP contribution in [0.25, 0.3) is 10.9 Å². The normalized spacial score (nSPS) is 11.6. The predicted molar refractivity (Wildman–Crippen MR) is 122 cm³/mol. The Bertz CT molecular complexity index is 931. The number of aryl methyl sites for hydroxylation is 2. The zero-order valence-electron chi connectivity index (χ0n) is 18.4. The molecule has 3 rings (SSSR count). The van der Waals surface area contributed by atoms with E-state index in [-0.39, 0.29) is 0 Å². The minimum absolute atomic E-state index is 0.713. The molecule has 5 heteroatoms. The Morgan fingerprint density at radius 1 is 0.862 bits per heavy atom. The van der Waals surface area contributed by atoms with Crippen molar-refractivity contribution in [2.75, 3.05) is 39.5 Å². The van der Waals surface area contributed by atoms with Crippen LogP contribution in [0.3, 0.4) is 0 Å². The molecule has 0 fully saturated rings. The van der Waals surface area contributed by atoms with E-state index in [0.717, 1.165) is 48.6 Å². The molecule has 154 valence electrons. The number of rotatable bonds is 9. The second-order valence-electron chi connectivity index (χ2n) is 8.13. The Hall–Kier alpha value is -2.50. The van der Waals surface area contributed by atoms with Crippen molar-refractivity contribution < 1.29 is 0 Å². The maximum absolute atomic E-state index is 4.87. The molecule has 0 atom stereocenters. The molecule has 2 aromatic carbocycles. The van der Waals surface area contributed by atoms with Crippen LogP contribution in [0.4, 0.5) is 5.82 Å². The first-order valence-electron chi connectivity index (χ1n) is 10.3. The number of fused-ring (bicyclic) bond motifs is 1. The van der Waals surface area contributed by atoms with E-state index >= 15 is 0 Å². The maximum atomic E-state index is 4.87. The van der Waals surface area contributed by atoms with Crippen LogP contribution in [-0.2, 0) is 13.1 Å². The topological polar surface area (TPSA) is 44.3 Å². The van der Waals surface area contributed by atoms with Gasteiger partial charge < -0.3 is 10.2 Å². The van der Waals surface area contributed by atoms with Gasteiger partial charge in [-0.2, -0.15) is 0 Å². The van der Waals surface area contributed by atoms with E-state index < -0.39 is 0 Å². The van der Waals surface area contributed by atoms with Gasteiger partial charge >= 0.3 is 0 Å². The lowest BCUT2D eigenvalue weighted by atomic mass is 10.0. The van der Waals surface area contributed by atoms with Gasteiger partial charge in [-0.25, -0.2) is 9.97 Å². The highest BCUT2D eigenvalue weighted by Gasteiger charge is 2.11.